The van der Waals surface area contributed by atoms with Crippen LogP contribution in [0.15, 0.2) is 0 Å². The second-order valence-corrected chi connectivity index (χ2v) is 5.38. The Morgan fingerprint density at radius 1 is 1.43 bits per heavy atom. The fourth-order valence-corrected chi connectivity index (χ4v) is 2.96. The number of amides is 2. The molecule has 2 amide bonds. The fourth-order valence-electron chi connectivity index (χ4n) is 2.96. The number of carbonyl (C=O) groups excluding carboxylic acids is 1. The lowest BCUT2D eigenvalue weighted by atomic mass is 9.78. The molecule has 1 aliphatic carbocycles. The SMILES string of the molecule is CC1CCC2(C1)CN(C(=O)N(C)C)C2. The van der Waals surface area contributed by atoms with Crippen molar-refractivity contribution in [2.24, 2.45) is 11.3 Å². The van der Waals surface area contributed by atoms with Crippen LogP contribution in [0, 0.1) is 11.3 Å². The summed E-state index contributed by atoms with van der Waals surface area (Å²) in [5.74, 6) is 0.867. The molecule has 1 aliphatic heterocycles. The second kappa shape index (κ2) is 3.14. The van der Waals surface area contributed by atoms with Crippen molar-refractivity contribution in [3.63, 3.8) is 0 Å². The predicted octanol–water partition coefficient (Wildman–Crippen LogP) is 1.79. The van der Waals surface area contributed by atoms with Gasteiger partial charge >= 0.3 is 6.03 Å². The lowest BCUT2D eigenvalue weighted by Crippen LogP contribution is -2.59. The Bertz CT molecular complexity index is 244. The van der Waals surface area contributed by atoms with Crippen molar-refractivity contribution in [2.45, 2.75) is 26.2 Å². The molecular weight excluding hydrogens is 176 g/mol. The second-order valence-electron chi connectivity index (χ2n) is 5.38. The summed E-state index contributed by atoms with van der Waals surface area (Å²) in [5.41, 5.74) is 0.505. The van der Waals surface area contributed by atoms with E-state index in [1.165, 1.54) is 19.3 Å². The van der Waals surface area contributed by atoms with Crippen LogP contribution in [0.5, 0.6) is 0 Å². The molecule has 0 aromatic heterocycles. The average molecular weight is 196 g/mol. The van der Waals surface area contributed by atoms with Crippen LogP contribution in [0.2, 0.25) is 0 Å². The summed E-state index contributed by atoms with van der Waals surface area (Å²) in [6.07, 6.45) is 4.00. The minimum atomic E-state index is 0.176. The number of carbonyl (C=O) groups is 1. The zero-order valence-corrected chi connectivity index (χ0v) is 9.42. The van der Waals surface area contributed by atoms with Gasteiger partial charge in [-0.2, -0.15) is 0 Å². The summed E-state index contributed by atoms with van der Waals surface area (Å²) in [6.45, 7) is 4.31. The lowest BCUT2D eigenvalue weighted by Gasteiger charge is -2.49. The zero-order valence-electron chi connectivity index (χ0n) is 9.42. The number of likely N-dealkylation sites (tertiary alicyclic amines) is 1. The quantitative estimate of drug-likeness (QED) is 0.579. The van der Waals surface area contributed by atoms with Crippen LogP contribution in [0.25, 0.3) is 0 Å². The smallest absolute Gasteiger partial charge is 0.319 e. The zero-order chi connectivity index (χ0) is 10.3. The Morgan fingerprint density at radius 2 is 2.07 bits per heavy atom. The van der Waals surface area contributed by atoms with Crippen LogP contribution in [0.3, 0.4) is 0 Å². The molecular formula is C11H20N2O. The van der Waals surface area contributed by atoms with Crippen LogP contribution >= 0.6 is 0 Å². The van der Waals surface area contributed by atoms with Gasteiger partial charge in [0.05, 0.1) is 0 Å². The van der Waals surface area contributed by atoms with Gasteiger partial charge in [-0.15, -0.1) is 0 Å². The van der Waals surface area contributed by atoms with Gasteiger partial charge in [-0.1, -0.05) is 13.3 Å². The van der Waals surface area contributed by atoms with Crippen LogP contribution in [-0.4, -0.2) is 43.0 Å². The van der Waals surface area contributed by atoms with Crippen LogP contribution in [-0.2, 0) is 0 Å². The first-order chi connectivity index (χ1) is 6.52. The molecule has 0 radical (unpaired) electrons. The van der Waals surface area contributed by atoms with E-state index in [0.29, 0.717) is 5.41 Å². The van der Waals surface area contributed by atoms with Gasteiger partial charge in [-0.05, 0) is 18.8 Å². The molecule has 14 heavy (non-hydrogen) atoms. The van der Waals surface area contributed by atoms with E-state index in [1.54, 1.807) is 4.90 Å². The molecule has 2 fully saturated rings. The Kier molecular flexibility index (Phi) is 2.20. The molecule has 3 nitrogen and oxygen atoms in total. The first kappa shape index (κ1) is 9.81. The fraction of sp³-hybridized carbons (Fsp3) is 0.909. The van der Waals surface area contributed by atoms with E-state index in [-0.39, 0.29) is 6.03 Å². The highest BCUT2D eigenvalue weighted by Gasteiger charge is 2.48. The first-order valence-electron chi connectivity index (χ1n) is 5.49. The van der Waals surface area contributed by atoms with Gasteiger partial charge in [0.25, 0.3) is 0 Å². The molecule has 1 heterocycles. The van der Waals surface area contributed by atoms with E-state index in [2.05, 4.69) is 6.92 Å². The molecule has 1 spiro atoms. The van der Waals surface area contributed by atoms with Crippen molar-refractivity contribution in [1.29, 1.82) is 0 Å². The highest BCUT2D eigenvalue weighted by molar-refractivity contribution is 5.75. The summed E-state index contributed by atoms with van der Waals surface area (Å²) in [6, 6.07) is 0.176. The highest BCUT2D eigenvalue weighted by Crippen LogP contribution is 2.48. The standard InChI is InChI=1S/C11H20N2O/c1-9-4-5-11(6-9)7-13(8-11)10(14)12(2)3/h9H,4-8H2,1-3H3. The number of urea groups is 1. The van der Waals surface area contributed by atoms with Gasteiger partial charge < -0.3 is 9.80 Å². The summed E-state index contributed by atoms with van der Waals surface area (Å²) >= 11 is 0. The number of hydrogen-bond donors (Lipinski definition) is 0. The van der Waals surface area contributed by atoms with Gasteiger partial charge in [-0.3, -0.25) is 0 Å². The van der Waals surface area contributed by atoms with Gasteiger partial charge in [0.1, 0.15) is 0 Å². The normalized spacial score (nSPS) is 29.1. The van der Waals surface area contributed by atoms with Gasteiger partial charge in [0, 0.05) is 32.6 Å². The molecule has 1 saturated heterocycles. The van der Waals surface area contributed by atoms with E-state index in [1.807, 2.05) is 19.0 Å². The Hall–Kier alpha value is -0.730. The lowest BCUT2D eigenvalue weighted by molar-refractivity contribution is 0.0243. The van der Waals surface area contributed by atoms with Crippen LogP contribution < -0.4 is 0 Å². The summed E-state index contributed by atoms with van der Waals surface area (Å²) in [5, 5.41) is 0. The summed E-state index contributed by atoms with van der Waals surface area (Å²) in [4.78, 5) is 15.2. The van der Waals surface area contributed by atoms with Crippen molar-refractivity contribution in [2.75, 3.05) is 27.2 Å². The molecule has 3 heteroatoms. The van der Waals surface area contributed by atoms with E-state index in [4.69, 9.17) is 0 Å². The first-order valence-corrected chi connectivity index (χ1v) is 5.49. The minimum absolute atomic E-state index is 0.176. The van der Waals surface area contributed by atoms with Crippen molar-refractivity contribution < 1.29 is 4.79 Å². The third kappa shape index (κ3) is 1.49. The molecule has 80 valence electrons. The predicted molar refractivity (Wildman–Crippen MR) is 56.1 cm³/mol. The minimum Gasteiger partial charge on any atom is -0.331 e. The molecule has 1 saturated carbocycles. The van der Waals surface area contributed by atoms with Gasteiger partial charge in [0.15, 0.2) is 0 Å². The number of nitrogens with zero attached hydrogens (tertiary/aromatic N) is 2. The monoisotopic (exact) mass is 196 g/mol. The topological polar surface area (TPSA) is 23.6 Å². The number of rotatable bonds is 0. The Balaban J connectivity index is 1.87. The molecule has 0 aromatic rings. The molecule has 1 unspecified atom stereocenters. The highest BCUT2D eigenvalue weighted by atomic mass is 16.2. The molecule has 0 bridgehead atoms. The molecule has 0 N–H and O–H groups in total. The summed E-state index contributed by atoms with van der Waals surface area (Å²) < 4.78 is 0. The number of hydrogen-bond acceptors (Lipinski definition) is 1. The van der Waals surface area contributed by atoms with Gasteiger partial charge in [-0.25, -0.2) is 4.79 Å². The molecule has 2 aliphatic rings. The van der Waals surface area contributed by atoms with E-state index < -0.39 is 0 Å². The largest absolute Gasteiger partial charge is 0.331 e. The van der Waals surface area contributed by atoms with Crippen molar-refractivity contribution in [3.05, 3.63) is 0 Å². The van der Waals surface area contributed by atoms with Crippen molar-refractivity contribution >= 4 is 6.03 Å². The van der Waals surface area contributed by atoms with E-state index >= 15 is 0 Å². The van der Waals surface area contributed by atoms with Crippen LogP contribution in [0.4, 0.5) is 4.79 Å². The van der Waals surface area contributed by atoms with E-state index in [9.17, 15) is 4.79 Å². The Morgan fingerprint density at radius 3 is 2.50 bits per heavy atom. The van der Waals surface area contributed by atoms with Crippen LogP contribution in [0.1, 0.15) is 26.2 Å². The molecule has 1 atom stereocenters. The third-order valence-electron chi connectivity index (χ3n) is 3.65. The molecule has 0 aromatic carbocycles. The molecule has 2 rings (SSSR count). The van der Waals surface area contributed by atoms with Crippen molar-refractivity contribution in [3.8, 4) is 0 Å². The average Bonchev–Trinajstić information content (AvgIpc) is 2.43. The van der Waals surface area contributed by atoms with Gasteiger partial charge in [0.2, 0.25) is 0 Å². The van der Waals surface area contributed by atoms with E-state index in [0.717, 1.165) is 19.0 Å². The maximum Gasteiger partial charge on any atom is 0.319 e. The maximum atomic E-state index is 11.6. The maximum absolute atomic E-state index is 11.6. The third-order valence-corrected chi connectivity index (χ3v) is 3.65. The Labute approximate surface area is 86.1 Å². The van der Waals surface area contributed by atoms with Crippen molar-refractivity contribution in [1.82, 2.24) is 9.80 Å². The summed E-state index contributed by atoms with van der Waals surface area (Å²) in [7, 11) is 3.65.